The molecule has 0 bridgehead atoms. The molecule has 0 N–H and O–H groups in total. The number of piperazine rings is 1. The maximum Gasteiger partial charge on any atom is 0.289 e. The van der Waals surface area contributed by atoms with Crippen LogP contribution < -0.4 is 0 Å². The Hall–Kier alpha value is -3.61. The van der Waals surface area contributed by atoms with Crippen LogP contribution >= 0.6 is 0 Å². The summed E-state index contributed by atoms with van der Waals surface area (Å²) in [5, 5.41) is 5.80. The minimum atomic E-state index is -0.143. The minimum absolute atomic E-state index is 0.0140. The summed E-state index contributed by atoms with van der Waals surface area (Å²) in [7, 11) is 0. The number of benzene rings is 2. The van der Waals surface area contributed by atoms with Gasteiger partial charge in [0.1, 0.15) is 11.3 Å². The lowest BCUT2D eigenvalue weighted by molar-refractivity contribution is -0.132. The lowest BCUT2D eigenvalue weighted by Crippen LogP contribution is -2.51. The fourth-order valence-corrected chi connectivity index (χ4v) is 3.72. The van der Waals surface area contributed by atoms with Crippen LogP contribution in [0.4, 0.5) is 0 Å². The molecule has 4 aromatic rings. The van der Waals surface area contributed by atoms with Crippen molar-refractivity contribution in [3.8, 4) is 0 Å². The molecule has 0 radical (unpaired) electrons. The van der Waals surface area contributed by atoms with E-state index < -0.39 is 0 Å². The Labute approximate surface area is 166 Å². The summed E-state index contributed by atoms with van der Waals surface area (Å²) >= 11 is 0. The van der Waals surface area contributed by atoms with Gasteiger partial charge in [0.25, 0.3) is 5.91 Å². The first-order chi connectivity index (χ1) is 14.2. The second kappa shape index (κ2) is 7.09. The van der Waals surface area contributed by atoms with Gasteiger partial charge < -0.3 is 18.7 Å². The number of aromatic nitrogens is 1. The normalized spacial score (nSPS) is 14.6. The second-order valence-corrected chi connectivity index (χ2v) is 7.12. The molecular weight excluding hydrogens is 370 g/mol. The van der Waals surface area contributed by atoms with Gasteiger partial charge in [0.05, 0.1) is 6.42 Å². The van der Waals surface area contributed by atoms with E-state index in [1.807, 2.05) is 48.5 Å². The number of furan rings is 1. The molecule has 0 spiro atoms. The number of para-hydroxylation sites is 2. The minimum Gasteiger partial charge on any atom is -0.451 e. The summed E-state index contributed by atoms with van der Waals surface area (Å²) in [5.41, 5.74) is 2.02. The first-order valence-electron chi connectivity index (χ1n) is 9.58. The number of carbonyl (C=O) groups is 2. The maximum atomic E-state index is 12.8. The standard InChI is InChI=1S/C22H19N3O4/c26-21(14-17-16-6-2-4-8-19(16)29-23-17)24-9-11-25(12-10-24)22(27)20-13-15-5-1-3-7-18(15)28-20/h1-8,13H,9-12,14H2. The summed E-state index contributed by atoms with van der Waals surface area (Å²) in [6.07, 6.45) is 0.189. The molecule has 1 aliphatic heterocycles. The Kier molecular flexibility index (Phi) is 4.27. The van der Waals surface area contributed by atoms with Gasteiger partial charge >= 0.3 is 0 Å². The third-order valence-corrected chi connectivity index (χ3v) is 5.33. The van der Waals surface area contributed by atoms with E-state index in [0.717, 1.165) is 10.8 Å². The highest BCUT2D eigenvalue weighted by Gasteiger charge is 2.27. The second-order valence-electron chi connectivity index (χ2n) is 7.12. The molecule has 7 heteroatoms. The number of nitrogens with zero attached hydrogens (tertiary/aromatic N) is 3. The first kappa shape index (κ1) is 17.5. The average molecular weight is 389 g/mol. The van der Waals surface area contributed by atoms with Crippen LogP contribution in [0.5, 0.6) is 0 Å². The molecule has 2 amide bonds. The van der Waals surface area contributed by atoms with Crippen molar-refractivity contribution in [2.24, 2.45) is 0 Å². The van der Waals surface area contributed by atoms with E-state index in [0.29, 0.717) is 48.8 Å². The van der Waals surface area contributed by atoms with Crippen molar-refractivity contribution in [2.45, 2.75) is 6.42 Å². The van der Waals surface area contributed by atoms with E-state index in [2.05, 4.69) is 5.16 Å². The van der Waals surface area contributed by atoms with E-state index >= 15 is 0 Å². The van der Waals surface area contributed by atoms with Gasteiger partial charge in [-0.05, 0) is 24.3 Å². The fraction of sp³-hybridized carbons (Fsp3) is 0.227. The van der Waals surface area contributed by atoms with Crippen LogP contribution in [0.25, 0.3) is 21.9 Å². The van der Waals surface area contributed by atoms with Crippen molar-refractivity contribution in [2.75, 3.05) is 26.2 Å². The molecule has 0 saturated carbocycles. The molecule has 2 aromatic carbocycles. The third-order valence-electron chi connectivity index (χ3n) is 5.33. The molecule has 3 heterocycles. The molecule has 0 unspecified atom stereocenters. The van der Waals surface area contributed by atoms with Gasteiger partial charge in [0.15, 0.2) is 11.3 Å². The summed E-state index contributed by atoms with van der Waals surface area (Å²) in [4.78, 5) is 28.9. The van der Waals surface area contributed by atoms with Crippen LogP contribution in [0, 0.1) is 0 Å². The van der Waals surface area contributed by atoms with Gasteiger partial charge in [-0.2, -0.15) is 0 Å². The van der Waals surface area contributed by atoms with E-state index in [-0.39, 0.29) is 18.2 Å². The van der Waals surface area contributed by atoms with Crippen molar-refractivity contribution in [3.63, 3.8) is 0 Å². The van der Waals surface area contributed by atoms with Gasteiger partial charge in [0.2, 0.25) is 5.91 Å². The topological polar surface area (TPSA) is 79.8 Å². The highest BCUT2D eigenvalue weighted by Crippen LogP contribution is 2.21. The Morgan fingerprint density at radius 3 is 2.38 bits per heavy atom. The molecule has 7 nitrogen and oxygen atoms in total. The molecule has 1 aliphatic rings. The molecule has 1 saturated heterocycles. The number of carbonyl (C=O) groups excluding carboxylic acids is 2. The first-order valence-corrected chi connectivity index (χ1v) is 9.58. The summed E-state index contributed by atoms with van der Waals surface area (Å²) in [5.74, 6) is 0.177. The van der Waals surface area contributed by atoms with Crippen LogP contribution in [0.2, 0.25) is 0 Å². The van der Waals surface area contributed by atoms with Gasteiger partial charge in [0, 0.05) is 37.0 Å². The van der Waals surface area contributed by atoms with E-state index in [9.17, 15) is 9.59 Å². The van der Waals surface area contributed by atoms with Crippen molar-refractivity contribution >= 4 is 33.8 Å². The molecule has 1 fully saturated rings. The monoisotopic (exact) mass is 389 g/mol. The molecule has 2 aromatic heterocycles. The predicted molar refractivity (Wildman–Crippen MR) is 106 cm³/mol. The van der Waals surface area contributed by atoms with Crippen molar-refractivity contribution in [3.05, 3.63) is 66.1 Å². The lowest BCUT2D eigenvalue weighted by atomic mass is 10.1. The number of amides is 2. The van der Waals surface area contributed by atoms with Gasteiger partial charge in [-0.15, -0.1) is 0 Å². The zero-order chi connectivity index (χ0) is 19.8. The highest BCUT2D eigenvalue weighted by molar-refractivity contribution is 5.96. The Bertz CT molecular complexity index is 1170. The van der Waals surface area contributed by atoms with Crippen LogP contribution in [-0.4, -0.2) is 52.9 Å². The maximum absolute atomic E-state index is 12.8. The summed E-state index contributed by atoms with van der Waals surface area (Å²) in [6.45, 7) is 1.92. The van der Waals surface area contributed by atoms with Crippen LogP contribution in [0.1, 0.15) is 16.2 Å². The summed E-state index contributed by atoms with van der Waals surface area (Å²) in [6, 6.07) is 16.8. The SMILES string of the molecule is O=C(Cc1noc2ccccc12)N1CCN(C(=O)c2cc3ccccc3o2)CC1. The Morgan fingerprint density at radius 2 is 1.59 bits per heavy atom. The number of hydrogen-bond acceptors (Lipinski definition) is 5. The highest BCUT2D eigenvalue weighted by atomic mass is 16.5. The van der Waals surface area contributed by atoms with Gasteiger partial charge in [-0.1, -0.05) is 35.5 Å². The van der Waals surface area contributed by atoms with Crippen LogP contribution in [-0.2, 0) is 11.2 Å². The predicted octanol–water partition coefficient (Wildman–Crippen LogP) is 3.10. The molecule has 0 aliphatic carbocycles. The molecular formula is C22H19N3O4. The van der Waals surface area contributed by atoms with Crippen molar-refractivity contribution in [1.29, 1.82) is 0 Å². The molecule has 146 valence electrons. The third kappa shape index (κ3) is 3.24. The van der Waals surface area contributed by atoms with Gasteiger partial charge in [-0.3, -0.25) is 9.59 Å². The number of hydrogen-bond donors (Lipinski definition) is 0. The smallest absolute Gasteiger partial charge is 0.289 e. The fourth-order valence-electron chi connectivity index (χ4n) is 3.72. The Balaban J connectivity index is 1.22. The van der Waals surface area contributed by atoms with E-state index in [4.69, 9.17) is 8.94 Å². The van der Waals surface area contributed by atoms with E-state index in [1.54, 1.807) is 15.9 Å². The van der Waals surface area contributed by atoms with Gasteiger partial charge in [-0.25, -0.2) is 0 Å². The summed E-state index contributed by atoms with van der Waals surface area (Å²) < 4.78 is 11.0. The van der Waals surface area contributed by atoms with Crippen molar-refractivity contribution in [1.82, 2.24) is 15.0 Å². The number of rotatable bonds is 3. The van der Waals surface area contributed by atoms with Crippen LogP contribution in [0.3, 0.4) is 0 Å². The zero-order valence-corrected chi connectivity index (χ0v) is 15.7. The lowest BCUT2D eigenvalue weighted by Gasteiger charge is -2.34. The quantitative estimate of drug-likeness (QED) is 0.538. The van der Waals surface area contributed by atoms with E-state index in [1.165, 1.54) is 0 Å². The molecule has 5 rings (SSSR count). The Morgan fingerprint density at radius 1 is 0.897 bits per heavy atom. The molecule has 0 atom stereocenters. The molecule has 29 heavy (non-hydrogen) atoms. The zero-order valence-electron chi connectivity index (χ0n) is 15.7. The number of fused-ring (bicyclic) bond motifs is 2. The average Bonchev–Trinajstić information content (AvgIpc) is 3.38. The largest absolute Gasteiger partial charge is 0.451 e. The van der Waals surface area contributed by atoms with Crippen molar-refractivity contribution < 1.29 is 18.5 Å². The van der Waals surface area contributed by atoms with Crippen LogP contribution in [0.15, 0.2) is 63.5 Å².